The van der Waals surface area contributed by atoms with Crippen LogP contribution in [0.2, 0.25) is 0 Å². The van der Waals surface area contributed by atoms with Gasteiger partial charge in [-0.3, -0.25) is 9.78 Å². The largest absolute Gasteiger partial charge is 0.506 e. The Labute approximate surface area is 186 Å². The number of benzene rings is 1. The summed E-state index contributed by atoms with van der Waals surface area (Å²) < 4.78 is 2.07. The highest BCUT2D eigenvalue weighted by atomic mass is 16.4. The van der Waals surface area contributed by atoms with Gasteiger partial charge in [0.1, 0.15) is 17.5 Å². The first-order valence-electron chi connectivity index (χ1n) is 10.9. The topological polar surface area (TPSA) is 130 Å². The average molecular weight is 439 g/mol. The minimum Gasteiger partial charge on any atom is -0.506 e. The van der Waals surface area contributed by atoms with Crippen molar-refractivity contribution in [2.24, 2.45) is 5.73 Å². The Morgan fingerprint density at radius 3 is 2.69 bits per heavy atom. The van der Waals surface area contributed by atoms with Crippen LogP contribution in [0.15, 0.2) is 30.3 Å². The molecule has 0 radical (unpaired) electrons. The number of likely N-dealkylation sites (tertiary alicyclic amines) is 1. The molecule has 9 heteroatoms. The number of carbonyl (C=O) groups is 1. The third-order valence-electron chi connectivity index (χ3n) is 6.07. The van der Waals surface area contributed by atoms with Gasteiger partial charge in [-0.05, 0) is 50.5 Å². The second-order valence-electron chi connectivity index (χ2n) is 8.55. The highest BCUT2D eigenvalue weighted by molar-refractivity contribution is 5.82. The van der Waals surface area contributed by atoms with Crippen LogP contribution in [0.4, 0.5) is 5.95 Å². The summed E-state index contributed by atoms with van der Waals surface area (Å²) in [4.78, 5) is 22.5. The number of aliphatic carboxylic acids is 1. The first-order chi connectivity index (χ1) is 15.3. The van der Waals surface area contributed by atoms with Gasteiger partial charge in [0.15, 0.2) is 0 Å². The van der Waals surface area contributed by atoms with Gasteiger partial charge in [0, 0.05) is 31.4 Å². The normalized spacial score (nSPS) is 16.3. The zero-order valence-corrected chi connectivity index (χ0v) is 18.5. The molecule has 1 atom stereocenters. The van der Waals surface area contributed by atoms with Gasteiger partial charge in [-0.1, -0.05) is 12.1 Å². The van der Waals surface area contributed by atoms with Gasteiger partial charge in [-0.2, -0.15) is 0 Å². The number of carboxylic acids is 1. The van der Waals surface area contributed by atoms with Gasteiger partial charge < -0.3 is 30.7 Å². The molecule has 0 spiro atoms. The minimum absolute atomic E-state index is 0.166. The second kappa shape index (κ2) is 9.13. The van der Waals surface area contributed by atoms with Gasteiger partial charge in [0.05, 0.1) is 17.6 Å². The summed E-state index contributed by atoms with van der Waals surface area (Å²) in [6, 6.07) is 8.89. The lowest BCUT2D eigenvalue weighted by atomic mass is 10.0. The molecule has 1 saturated heterocycles. The van der Waals surface area contributed by atoms with Crippen molar-refractivity contribution in [3.05, 3.63) is 47.3 Å². The molecule has 1 aromatic carbocycles. The van der Waals surface area contributed by atoms with Crippen LogP contribution >= 0.6 is 0 Å². The first-order valence-corrected chi connectivity index (χ1v) is 10.9. The molecule has 1 aliphatic rings. The molecule has 3 aromatic rings. The summed E-state index contributed by atoms with van der Waals surface area (Å²) >= 11 is 0. The number of hydrogen-bond donors (Lipinski definition) is 4. The number of nitrogens with one attached hydrogen (secondary N) is 1. The molecule has 170 valence electrons. The van der Waals surface area contributed by atoms with E-state index in [1.807, 2.05) is 32.0 Å². The number of anilines is 1. The number of para-hydroxylation sites is 1. The molecular weight excluding hydrogens is 408 g/mol. The van der Waals surface area contributed by atoms with Gasteiger partial charge in [-0.25, -0.2) is 4.98 Å². The van der Waals surface area contributed by atoms with Crippen molar-refractivity contribution in [1.82, 2.24) is 19.4 Å². The van der Waals surface area contributed by atoms with Gasteiger partial charge >= 0.3 is 5.97 Å². The van der Waals surface area contributed by atoms with E-state index in [2.05, 4.69) is 19.8 Å². The molecule has 0 bridgehead atoms. The molecule has 32 heavy (non-hydrogen) atoms. The van der Waals surface area contributed by atoms with Crippen LogP contribution in [-0.2, 0) is 11.3 Å². The van der Waals surface area contributed by atoms with Crippen LogP contribution < -0.4 is 11.1 Å². The number of pyridine rings is 1. The van der Waals surface area contributed by atoms with E-state index in [0.29, 0.717) is 18.8 Å². The predicted molar refractivity (Wildman–Crippen MR) is 123 cm³/mol. The van der Waals surface area contributed by atoms with E-state index in [0.717, 1.165) is 54.2 Å². The molecule has 4 rings (SSSR count). The smallest absolute Gasteiger partial charge is 0.321 e. The monoisotopic (exact) mass is 438 g/mol. The molecule has 1 fully saturated rings. The molecule has 2 aromatic heterocycles. The Morgan fingerprint density at radius 1 is 1.22 bits per heavy atom. The van der Waals surface area contributed by atoms with Crippen molar-refractivity contribution < 1.29 is 15.0 Å². The van der Waals surface area contributed by atoms with Crippen molar-refractivity contribution in [3.63, 3.8) is 0 Å². The highest BCUT2D eigenvalue weighted by Gasteiger charge is 2.24. The van der Waals surface area contributed by atoms with E-state index < -0.39 is 12.0 Å². The quantitative estimate of drug-likeness (QED) is 0.441. The van der Waals surface area contributed by atoms with Crippen LogP contribution in [0.3, 0.4) is 0 Å². The standard InChI is InChI=1S/C23H30N6O3/c1-14-4-3-5-19-21(14)27-23(29(19)13-18-20(30)7-6-15(2)25-18)26-16-8-10-28(11-9-16)12-17(24)22(31)32/h3-7,16-17,30H,8-13,24H2,1-2H3,(H,26,27)(H,31,32). The first kappa shape index (κ1) is 22.0. The maximum absolute atomic E-state index is 11.0. The van der Waals surface area contributed by atoms with E-state index in [4.69, 9.17) is 15.8 Å². The Bertz CT molecular complexity index is 1120. The zero-order chi connectivity index (χ0) is 22.8. The fourth-order valence-electron chi connectivity index (χ4n) is 4.23. The van der Waals surface area contributed by atoms with Gasteiger partial charge in [0.2, 0.25) is 5.95 Å². The lowest BCUT2D eigenvalue weighted by Gasteiger charge is -2.33. The van der Waals surface area contributed by atoms with E-state index in [9.17, 15) is 9.90 Å². The molecule has 0 saturated carbocycles. The molecule has 0 amide bonds. The van der Waals surface area contributed by atoms with Crippen molar-refractivity contribution in [3.8, 4) is 5.75 Å². The Balaban J connectivity index is 1.55. The minimum atomic E-state index is -0.970. The summed E-state index contributed by atoms with van der Waals surface area (Å²) in [5, 5.41) is 23.0. The molecule has 0 aliphatic carbocycles. The Kier molecular flexibility index (Phi) is 6.29. The summed E-state index contributed by atoms with van der Waals surface area (Å²) in [6.45, 7) is 6.26. The zero-order valence-electron chi connectivity index (χ0n) is 18.5. The number of imidazole rings is 1. The fraction of sp³-hybridized carbons (Fsp3) is 0.435. The van der Waals surface area contributed by atoms with E-state index in [-0.39, 0.29) is 11.8 Å². The summed E-state index contributed by atoms with van der Waals surface area (Å²) in [6.07, 6.45) is 1.73. The maximum Gasteiger partial charge on any atom is 0.321 e. The third kappa shape index (κ3) is 4.68. The van der Waals surface area contributed by atoms with Gasteiger partial charge in [0.25, 0.3) is 0 Å². The molecule has 1 aliphatic heterocycles. The predicted octanol–water partition coefficient (Wildman–Crippen LogP) is 2.09. The van der Waals surface area contributed by atoms with Crippen LogP contribution in [-0.4, -0.2) is 67.3 Å². The van der Waals surface area contributed by atoms with Crippen molar-refractivity contribution in [2.75, 3.05) is 25.0 Å². The highest BCUT2D eigenvalue weighted by Crippen LogP contribution is 2.27. The van der Waals surface area contributed by atoms with E-state index >= 15 is 0 Å². The summed E-state index contributed by atoms with van der Waals surface area (Å²) in [7, 11) is 0. The maximum atomic E-state index is 11.0. The van der Waals surface area contributed by atoms with Crippen LogP contribution in [0.5, 0.6) is 5.75 Å². The number of nitrogens with two attached hydrogens (primary N) is 1. The Hall–Kier alpha value is -3.17. The lowest BCUT2D eigenvalue weighted by molar-refractivity contribution is -0.139. The molecule has 5 N–H and O–H groups in total. The number of piperidine rings is 1. The van der Waals surface area contributed by atoms with Crippen molar-refractivity contribution in [2.45, 2.75) is 45.3 Å². The molecule has 1 unspecified atom stereocenters. The lowest BCUT2D eigenvalue weighted by Crippen LogP contribution is -2.47. The number of carboxylic acid groups (broad SMARTS) is 1. The van der Waals surface area contributed by atoms with Gasteiger partial charge in [-0.15, -0.1) is 0 Å². The second-order valence-corrected chi connectivity index (χ2v) is 8.55. The number of aromatic hydroxyl groups is 1. The molecular formula is C23H30N6O3. The number of nitrogens with zero attached hydrogens (tertiary/aromatic N) is 4. The van der Waals surface area contributed by atoms with E-state index in [1.54, 1.807) is 12.1 Å². The molecule has 9 nitrogen and oxygen atoms in total. The van der Waals surface area contributed by atoms with E-state index in [1.165, 1.54) is 0 Å². The van der Waals surface area contributed by atoms with Crippen molar-refractivity contribution >= 4 is 23.0 Å². The van der Waals surface area contributed by atoms with Crippen LogP contribution in [0.25, 0.3) is 11.0 Å². The number of rotatable bonds is 7. The number of hydrogen-bond acceptors (Lipinski definition) is 7. The van der Waals surface area contributed by atoms with Crippen LogP contribution in [0, 0.1) is 13.8 Å². The summed E-state index contributed by atoms with van der Waals surface area (Å²) in [5.74, 6) is -0.0563. The number of aryl methyl sites for hydroxylation is 2. The van der Waals surface area contributed by atoms with Crippen LogP contribution in [0.1, 0.15) is 29.8 Å². The Morgan fingerprint density at radius 2 is 1.97 bits per heavy atom. The number of aromatic nitrogens is 3. The summed E-state index contributed by atoms with van der Waals surface area (Å²) in [5.41, 5.74) is 10.1. The fourth-order valence-corrected chi connectivity index (χ4v) is 4.23. The molecule has 3 heterocycles. The third-order valence-corrected chi connectivity index (χ3v) is 6.07. The van der Waals surface area contributed by atoms with Crippen molar-refractivity contribution in [1.29, 1.82) is 0 Å². The number of fused-ring (bicyclic) bond motifs is 1. The average Bonchev–Trinajstić information content (AvgIpc) is 3.10. The SMILES string of the molecule is Cc1ccc(O)c(Cn2c(NC3CCN(CC(N)C(=O)O)CC3)nc3c(C)cccc32)n1.